The van der Waals surface area contributed by atoms with Crippen LogP contribution in [-0.4, -0.2) is 12.9 Å². The molecule has 6 heteroatoms. The van der Waals surface area contributed by atoms with Gasteiger partial charge in [-0.15, -0.1) is 0 Å². The molecule has 0 radical (unpaired) electrons. The number of benzene rings is 2. The molecule has 0 bridgehead atoms. The van der Waals surface area contributed by atoms with Gasteiger partial charge in [0.2, 0.25) is 0 Å². The first-order chi connectivity index (χ1) is 9.82. The van der Waals surface area contributed by atoms with Gasteiger partial charge in [0.05, 0.1) is 18.2 Å². The molecule has 2 N–H and O–H groups in total. The molecule has 2 aromatic carbocycles. The second kappa shape index (κ2) is 5.47. The lowest BCUT2D eigenvalue weighted by atomic mass is 9.99. The molecule has 0 saturated carbocycles. The molecule has 0 atom stereocenters. The van der Waals surface area contributed by atoms with Gasteiger partial charge in [0, 0.05) is 11.3 Å². The van der Waals surface area contributed by atoms with E-state index in [0.29, 0.717) is 5.69 Å². The number of hydrogen-bond donors (Lipinski definition) is 1. The van der Waals surface area contributed by atoms with E-state index in [2.05, 4.69) is 0 Å². The molecule has 3 nitrogen and oxygen atoms in total. The maximum atomic E-state index is 12.8. The molecule has 2 rings (SSSR count). The third-order valence-corrected chi connectivity index (χ3v) is 2.92. The first-order valence-electron chi connectivity index (χ1n) is 5.98. The molecule has 2 aromatic rings. The zero-order valence-electron chi connectivity index (χ0n) is 11.1. The number of anilines is 1. The molecular formula is C15H12F3NO2. The SMILES string of the molecule is COc1ccc(C(F)(F)F)cc1C(=O)c1cccc(N)c1. The quantitative estimate of drug-likeness (QED) is 0.696. The predicted molar refractivity (Wildman–Crippen MR) is 72.3 cm³/mol. The van der Waals surface area contributed by atoms with Gasteiger partial charge in [-0.05, 0) is 30.3 Å². The van der Waals surface area contributed by atoms with Crippen LogP contribution in [0.3, 0.4) is 0 Å². The number of rotatable bonds is 3. The monoisotopic (exact) mass is 295 g/mol. The molecule has 0 spiro atoms. The van der Waals surface area contributed by atoms with Crippen molar-refractivity contribution >= 4 is 11.5 Å². The Labute approximate surface area is 119 Å². The van der Waals surface area contributed by atoms with Crippen LogP contribution in [0.1, 0.15) is 21.5 Å². The Balaban J connectivity index is 2.53. The molecule has 110 valence electrons. The summed E-state index contributed by atoms with van der Waals surface area (Å²) >= 11 is 0. The van der Waals surface area contributed by atoms with Crippen molar-refractivity contribution in [3.8, 4) is 5.75 Å². The summed E-state index contributed by atoms with van der Waals surface area (Å²) < 4.78 is 43.3. The zero-order chi connectivity index (χ0) is 15.6. The third-order valence-electron chi connectivity index (χ3n) is 2.92. The van der Waals surface area contributed by atoms with Gasteiger partial charge >= 0.3 is 6.18 Å². The minimum Gasteiger partial charge on any atom is -0.496 e. The summed E-state index contributed by atoms with van der Waals surface area (Å²) in [5.74, 6) is -0.499. The number of ether oxygens (including phenoxy) is 1. The number of ketones is 1. The lowest BCUT2D eigenvalue weighted by molar-refractivity contribution is -0.137. The first kappa shape index (κ1) is 14.9. The molecule has 0 amide bonds. The number of alkyl halides is 3. The van der Waals surface area contributed by atoms with Gasteiger partial charge in [-0.25, -0.2) is 0 Å². The summed E-state index contributed by atoms with van der Waals surface area (Å²) in [6.07, 6.45) is -4.53. The largest absolute Gasteiger partial charge is 0.496 e. The van der Waals surface area contributed by atoms with Crippen LogP contribution in [0.5, 0.6) is 5.75 Å². The fraction of sp³-hybridized carbons (Fsp3) is 0.133. The summed E-state index contributed by atoms with van der Waals surface area (Å²) in [5, 5.41) is 0. The average Bonchev–Trinajstić information content (AvgIpc) is 2.44. The summed E-state index contributed by atoms with van der Waals surface area (Å²) in [4.78, 5) is 12.4. The summed E-state index contributed by atoms with van der Waals surface area (Å²) in [7, 11) is 1.29. The van der Waals surface area contributed by atoms with Crippen molar-refractivity contribution < 1.29 is 22.7 Å². The van der Waals surface area contributed by atoms with Crippen LogP contribution in [0.2, 0.25) is 0 Å². The second-order valence-corrected chi connectivity index (χ2v) is 4.37. The fourth-order valence-corrected chi connectivity index (χ4v) is 1.90. The highest BCUT2D eigenvalue weighted by Gasteiger charge is 2.32. The Morgan fingerprint density at radius 1 is 1.14 bits per heavy atom. The van der Waals surface area contributed by atoms with E-state index >= 15 is 0 Å². The van der Waals surface area contributed by atoms with Crippen LogP contribution in [0, 0.1) is 0 Å². The van der Waals surface area contributed by atoms with Gasteiger partial charge in [0.1, 0.15) is 5.75 Å². The third kappa shape index (κ3) is 3.16. The topological polar surface area (TPSA) is 52.3 Å². The number of nitrogens with two attached hydrogens (primary N) is 1. The van der Waals surface area contributed by atoms with Crippen LogP contribution >= 0.6 is 0 Å². The van der Waals surface area contributed by atoms with Crippen molar-refractivity contribution in [2.24, 2.45) is 0 Å². The Morgan fingerprint density at radius 3 is 2.43 bits per heavy atom. The van der Waals surface area contributed by atoms with Gasteiger partial charge in [0.25, 0.3) is 0 Å². The minimum absolute atomic E-state index is 0.0791. The lowest BCUT2D eigenvalue weighted by Gasteiger charge is -2.12. The van der Waals surface area contributed by atoms with Crippen LogP contribution in [0.15, 0.2) is 42.5 Å². The van der Waals surface area contributed by atoms with E-state index < -0.39 is 17.5 Å². The number of methoxy groups -OCH3 is 1. The molecule has 0 saturated heterocycles. The summed E-state index contributed by atoms with van der Waals surface area (Å²) in [5.41, 5.74) is 5.07. The molecule has 0 aliphatic heterocycles. The van der Waals surface area contributed by atoms with Gasteiger partial charge in [0.15, 0.2) is 5.78 Å². The molecule has 0 aliphatic rings. The predicted octanol–water partition coefficient (Wildman–Crippen LogP) is 3.53. The smallest absolute Gasteiger partial charge is 0.416 e. The average molecular weight is 295 g/mol. The van der Waals surface area contributed by atoms with E-state index in [1.54, 1.807) is 12.1 Å². The van der Waals surface area contributed by atoms with Gasteiger partial charge in [-0.3, -0.25) is 4.79 Å². The van der Waals surface area contributed by atoms with Crippen LogP contribution in [-0.2, 0) is 6.18 Å². The second-order valence-electron chi connectivity index (χ2n) is 4.37. The van der Waals surface area contributed by atoms with Crippen molar-refractivity contribution in [3.05, 3.63) is 59.2 Å². The van der Waals surface area contributed by atoms with E-state index in [9.17, 15) is 18.0 Å². The van der Waals surface area contributed by atoms with Gasteiger partial charge in [-0.2, -0.15) is 13.2 Å². The fourth-order valence-electron chi connectivity index (χ4n) is 1.90. The van der Waals surface area contributed by atoms with Crippen LogP contribution in [0.25, 0.3) is 0 Å². The highest BCUT2D eigenvalue weighted by Crippen LogP contribution is 2.33. The van der Waals surface area contributed by atoms with Crippen LogP contribution < -0.4 is 10.5 Å². The number of nitrogen functional groups attached to an aromatic ring is 1. The van der Waals surface area contributed by atoms with Gasteiger partial charge in [-0.1, -0.05) is 12.1 Å². The van der Waals surface area contributed by atoms with E-state index in [1.165, 1.54) is 19.2 Å². The maximum Gasteiger partial charge on any atom is 0.416 e. The van der Waals surface area contributed by atoms with E-state index in [-0.39, 0.29) is 16.9 Å². The Hall–Kier alpha value is -2.50. The Morgan fingerprint density at radius 2 is 1.86 bits per heavy atom. The van der Waals surface area contributed by atoms with Crippen LogP contribution in [0.4, 0.5) is 18.9 Å². The van der Waals surface area contributed by atoms with E-state index in [0.717, 1.165) is 18.2 Å². The van der Waals surface area contributed by atoms with Crippen molar-refractivity contribution in [1.82, 2.24) is 0 Å². The maximum absolute atomic E-state index is 12.8. The van der Waals surface area contributed by atoms with Crippen molar-refractivity contribution in [2.45, 2.75) is 6.18 Å². The van der Waals surface area contributed by atoms with Crippen molar-refractivity contribution in [3.63, 3.8) is 0 Å². The summed E-state index contributed by atoms with van der Waals surface area (Å²) in [6, 6.07) is 8.81. The number of halogens is 3. The molecular weight excluding hydrogens is 283 g/mol. The lowest BCUT2D eigenvalue weighted by Crippen LogP contribution is -2.10. The Kier molecular flexibility index (Phi) is 3.88. The number of carbonyl (C=O) groups excluding carboxylic acids is 1. The van der Waals surface area contributed by atoms with E-state index in [1.807, 2.05) is 0 Å². The van der Waals surface area contributed by atoms with Crippen molar-refractivity contribution in [1.29, 1.82) is 0 Å². The molecule has 0 unspecified atom stereocenters. The first-order valence-corrected chi connectivity index (χ1v) is 5.98. The highest BCUT2D eigenvalue weighted by molar-refractivity contribution is 6.11. The number of hydrogen-bond acceptors (Lipinski definition) is 3. The standard InChI is InChI=1S/C15H12F3NO2/c1-21-13-6-5-10(15(16,17)18)8-12(13)14(20)9-3-2-4-11(19)7-9/h2-8H,19H2,1H3. The van der Waals surface area contributed by atoms with Gasteiger partial charge < -0.3 is 10.5 Å². The molecule has 0 fully saturated rings. The molecule has 21 heavy (non-hydrogen) atoms. The molecule has 0 aromatic heterocycles. The Bertz CT molecular complexity index is 681. The summed E-state index contributed by atoms with van der Waals surface area (Å²) in [6.45, 7) is 0. The highest BCUT2D eigenvalue weighted by atomic mass is 19.4. The van der Waals surface area contributed by atoms with E-state index in [4.69, 9.17) is 10.5 Å². The number of carbonyl (C=O) groups is 1. The molecule has 0 aliphatic carbocycles. The minimum atomic E-state index is -4.53. The molecule has 0 heterocycles. The zero-order valence-corrected chi connectivity index (χ0v) is 11.1. The normalized spacial score (nSPS) is 11.2. The van der Waals surface area contributed by atoms with Crippen molar-refractivity contribution in [2.75, 3.05) is 12.8 Å².